The third-order valence-corrected chi connectivity index (χ3v) is 6.66. The van der Waals surface area contributed by atoms with Crippen LogP contribution in [0.3, 0.4) is 0 Å². The van der Waals surface area contributed by atoms with Crippen molar-refractivity contribution in [3.63, 3.8) is 0 Å². The van der Waals surface area contributed by atoms with Gasteiger partial charge < -0.3 is 15.0 Å². The predicted octanol–water partition coefficient (Wildman–Crippen LogP) is 3.62. The fourth-order valence-corrected chi connectivity index (χ4v) is 4.67. The molecule has 1 unspecified atom stereocenters. The molecule has 10 heteroatoms. The summed E-state index contributed by atoms with van der Waals surface area (Å²) in [5.41, 5.74) is 4.00. The molecule has 0 bridgehead atoms. The lowest BCUT2D eigenvalue weighted by molar-refractivity contribution is -0.129. The van der Waals surface area contributed by atoms with E-state index >= 15 is 4.39 Å². The lowest BCUT2D eigenvalue weighted by Gasteiger charge is -2.27. The molecule has 1 saturated heterocycles. The summed E-state index contributed by atoms with van der Waals surface area (Å²) >= 11 is 1.47. The Kier molecular flexibility index (Phi) is 5.64. The molecule has 0 saturated carbocycles. The van der Waals surface area contributed by atoms with Gasteiger partial charge in [-0.15, -0.1) is 0 Å². The minimum absolute atomic E-state index is 0.0277. The van der Waals surface area contributed by atoms with E-state index in [0.29, 0.717) is 37.8 Å². The van der Waals surface area contributed by atoms with Crippen LogP contribution in [-0.4, -0.2) is 55.8 Å². The van der Waals surface area contributed by atoms with E-state index in [0.717, 1.165) is 35.2 Å². The van der Waals surface area contributed by atoms with Crippen molar-refractivity contribution < 1.29 is 13.9 Å². The Morgan fingerprint density at radius 3 is 2.91 bits per heavy atom. The zero-order valence-corrected chi connectivity index (χ0v) is 18.9. The number of rotatable bonds is 5. The molecule has 2 aromatic heterocycles. The fourth-order valence-electron chi connectivity index (χ4n) is 4.31. The summed E-state index contributed by atoms with van der Waals surface area (Å²) in [5, 5.41) is 12.2. The van der Waals surface area contributed by atoms with Gasteiger partial charge in [0.1, 0.15) is 5.82 Å². The summed E-state index contributed by atoms with van der Waals surface area (Å²) in [4.78, 5) is 13.8. The van der Waals surface area contributed by atoms with Crippen molar-refractivity contribution in [2.24, 2.45) is 0 Å². The van der Waals surface area contributed by atoms with E-state index in [-0.39, 0.29) is 17.8 Å². The molecular weight excluding hydrogens is 431 g/mol. The predicted molar refractivity (Wildman–Crippen MR) is 121 cm³/mol. The lowest BCUT2D eigenvalue weighted by Crippen LogP contribution is -2.35. The molecule has 5 rings (SSSR count). The molecule has 1 N–H and O–H groups in total. The summed E-state index contributed by atoms with van der Waals surface area (Å²) in [6, 6.07) is 5.25. The van der Waals surface area contributed by atoms with Gasteiger partial charge in [0.15, 0.2) is 5.82 Å². The number of hydrogen-bond acceptors (Lipinski definition) is 6. The number of nitrogens with one attached hydrogen (secondary N) is 1. The molecule has 0 spiro atoms. The molecule has 1 aromatic carbocycles. The molecule has 0 aliphatic carbocycles. The minimum Gasteiger partial charge on any atom is -0.379 e. The first-order valence-electron chi connectivity index (χ1n) is 10.6. The molecule has 3 aromatic rings. The van der Waals surface area contributed by atoms with Gasteiger partial charge in [0.05, 0.1) is 31.1 Å². The first kappa shape index (κ1) is 21.0. The Hall–Kier alpha value is -2.85. The normalized spacial score (nSPS) is 18.1. The number of carbonyl (C=O) groups is 1. The van der Waals surface area contributed by atoms with E-state index in [1.54, 1.807) is 28.2 Å². The molecule has 0 radical (unpaired) electrons. The Morgan fingerprint density at radius 2 is 2.22 bits per heavy atom. The van der Waals surface area contributed by atoms with Crippen LogP contribution in [0.15, 0.2) is 30.6 Å². The van der Waals surface area contributed by atoms with E-state index < -0.39 is 0 Å². The SMILES string of the molecule is CSn1cc(-c2ccc(Nc3nn(C4CCOC4)c4c3CN(C(C)=O)CC4)c(F)c2)cn1. The molecule has 8 nitrogen and oxygen atoms in total. The van der Waals surface area contributed by atoms with E-state index in [1.165, 1.54) is 18.0 Å². The number of nitrogens with zero attached hydrogens (tertiary/aromatic N) is 5. The number of fused-ring (bicyclic) bond motifs is 1. The van der Waals surface area contributed by atoms with Gasteiger partial charge in [0.2, 0.25) is 5.91 Å². The maximum atomic E-state index is 15.0. The van der Waals surface area contributed by atoms with Crippen LogP contribution in [0.5, 0.6) is 0 Å². The maximum Gasteiger partial charge on any atom is 0.219 e. The molecule has 2 aliphatic heterocycles. The second-order valence-electron chi connectivity index (χ2n) is 8.06. The molecule has 168 valence electrons. The Bertz CT molecular complexity index is 1150. The third-order valence-electron chi connectivity index (χ3n) is 6.09. The van der Waals surface area contributed by atoms with Gasteiger partial charge in [-0.3, -0.25) is 9.48 Å². The van der Waals surface area contributed by atoms with Crippen molar-refractivity contribution >= 4 is 29.4 Å². The van der Waals surface area contributed by atoms with Crippen LogP contribution in [0.1, 0.15) is 30.6 Å². The molecule has 1 atom stereocenters. The highest BCUT2D eigenvalue weighted by Gasteiger charge is 2.30. The summed E-state index contributed by atoms with van der Waals surface area (Å²) < 4.78 is 24.3. The zero-order chi connectivity index (χ0) is 22.2. The number of benzene rings is 1. The Labute approximate surface area is 189 Å². The number of carbonyl (C=O) groups excluding carboxylic acids is 1. The number of amides is 1. The topological polar surface area (TPSA) is 77.2 Å². The summed E-state index contributed by atoms with van der Waals surface area (Å²) in [5.74, 6) is 0.255. The summed E-state index contributed by atoms with van der Waals surface area (Å²) in [7, 11) is 0. The number of ether oxygens (including phenoxy) is 1. The van der Waals surface area contributed by atoms with Gasteiger partial charge in [-0.1, -0.05) is 6.07 Å². The van der Waals surface area contributed by atoms with Crippen molar-refractivity contribution in [1.29, 1.82) is 0 Å². The van der Waals surface area contributed by atoms with Gasteiger partial charge in [0.25, 0.3) is 0 Å². The Morgan fingerprint density at radius 1 is 1.34 bits per heavy atom. The second kappa shape index (κ2) is 8.59. The van der Waals surface area contributed by atoms with Gasteiger partial charge in [0, 0.05) is 55.8 Å². The van der Waals surface area contributed by atoms with Crippen molar-refractivity contribution in [2.75, 3.05) is 31.3 Å². The first-order valence-corrected chi connectivity index (χ1v) is 11.8. The van der Waals surface area contributed by atoms with Crippen LogP contribution >= 0.6 is 11.9 Å². The maximum absolute atomic E-state index is 15.0. The average Bonchev–Trinajstić information content (AvgIpc) is 3.55. The van der Waals surface area contributed by atoms with Crippen LogP contribution < -0.4 is 5.32 Å². The number of hydrogen-bond donors (Lipinski definition) is 1. The molecule has 2 aliphatic rings. The molecule has 32 heavy (non-hydrogen) atoms. The summed E-state index contributed by atoms with van der Waals surface area (Å²) in [6.45, 7) is 4.04. The number of anilines is 2. The smallest absolute Gasteiger partial charge is 0.219 e. The third kappa shape index (κ3) is 3.88. The lowest BCUT2D eigenvalue weighted by atomic mass is 10.1. The van der Waals surface area contributed by atoms with Gasteiger partial charge >= 0.3 is 0 Å². The molecule has 4 heterocycles. The van der Waals surface area contributed by atoms with Gasteiger partial charge in [-0.2, -0.15) is 10.2 Å². The van der Waals surface area contributed by atoms with Gasteiger partial charge in [-0.05, 0) is 36.1 Å². The molecule has 1 fully saturated rings. The zero-order valence-electron chi connectivity index (χ0n) is 18.0. The second-order valence-corrected chi connectivity index (χ2v) is 8.80. The highest BCUT2D eigenvalue weighted by molar-refractivity contribution is 7.97. The Balaban J connectivity index is 1.46. The number of aromatic nitrogens is 4. The van der Waals surface area contributed by atoms with Crippen LogP contribution in [0.4, 0.5) is 15.9 Å². The quantitative estimate of drug-likeness (QED) is 0.632. The standard InChI is InChI=1S/C22H25FN6O2S/c1-14(30)27-7-5-21-18(12-27)22(26-29(21)17-6-8-31-13-17)25-20-4-3-15(9-19(20)23)16-10-24-28(11-16)32-2/h3-4,9-11,17H,5-8,12-13H2,1-2H3,(H,25,26). The van der Waals surface area contributed by atoms with E-state index in [9.17, 15) is 4.79 Å². The van der Waals surface area contributed by atoms with Crippen LogP contribution in [0, 0.1) is 5.82 Å². The fraction of sp³-hybridized carbons (Fsp3) is 0.409. The highest BCUT2D eigenvalue weighted by Crippen LogP contribution is 2.34. The number of halogens is 1. The highest BCUT2D eigenvalue weighted by atomic mass is 32.2. The van der Waals surface area contributed by atoms with Crippen molar-refractivity contribution in [3.05, 3.63) is 47.7 Å². The van der Waals surface area contributed by atoms with E-state index in [1.807, 2.05) is 23.2 Å². The van der Waals surface area contributed by atoms with Gasteiger partial charge in [-0.25, -0.2) is 8.48 Å². The van der Waals surface area contributed by atoms with E-state index in [4.69, 9.17) is 9.84 Å². The van der Waals surface area contributed by atoms with Crippen molar-refractivity contribution in [2.45, 2.75) is 32.4 Å². The van der Waals surface area contributed by atoms with Crippen molar-refractivity contribution in [1.82, 2.24) is 23.9 Å². The van der Waals surface area contributed by atoms with E-state index in [2.05, 4.69) is 10.4 Å². The largest absolute Gasteiger partial charge is 0.379 e. The monoisotopic (exact) mass is 456 g/mol. The molecular formula is C22H25FN6O2S. The van der Waals surface area contributed by atoms with Crippen LogP contribution in [-0.2, 0) is 22.5 Å². The minimum atomic E-state index is -0.369. The summed E-state index contributed by atoms with van der Waals surface area (Å²) in [6.07, 6.45) is 7.13. The van der Waals surface area contributed by atoms with Crippen LogP contribution in [0.2, 0.25) is 0 Å². The first-order chi connectivity index (χ1) is 15.5. The average molecular weight is 457 g/mol. The molecule has 1 amide bonds. The van der Waals surface area contributed by atoms with Crippen molar-refractivity contribution in [3.8, 4) is 11.1 Å². The van der Waals surface area contributed by atoms with Crippen LogP contribution in [0.25, 0.3) is 11.1 Å².